The molecule has 0 spiro atoms. The summed E-state index contributed by atoms with van der Waals surface area (Å²) in [5.74, 6) is 0. The number of hydrogen-bond donors (Lipinski definition) is 1. The Morgan fingerprint density at radius 3 is 3.23 bits per heavy atom. The predicted octanol–water partition coefficient (Wildman–Crippen LogP) is 1.91. The van der Waals surface area contributed by atoms with Crippen molar-refractivity contribution >= 4 is 11.3 Å². The number of nitrogens with one attached hydrogen (secondary N) is 1. The average Bonchev–Trinajstić information content (AvgIpc) is 2.76. The lowest BCUT2D eigenvalue weighted by Gasteiger charge is -2.06. The monoisotopic (exact) mass is 192 g/mol. The van der Waals surface area contributed by atoms with E-state index in [1.165, 1.54) is 17.7 Å². The molecule has 1 fully saturated rings. The molecular weight excluding hydrogens is 180 g/mol. The molecule has 2 nitrogen and oxygen atoms in total. The van der Waals surface area contributed by atoms with Crippen LogP contribution < -0.4 is 5.32 Å². The molecule has 0 amide bonds. The van der Waals surface area contributed by atoms with Gasteiger partial charge in [-0.05, 0) is 31.9 Å². The second-order valence-corrected chi connectivity index (χ2v) is 4.41. The van der Waals surface area contributed by atoms with Crippen molar-refractivity contribution in [3.8, 4) is 6.07 Å². The molecule has 1 unspecified atom stereocenters. The van der Waals surface area contributed by atoms with Crippen molar-refractivity contribution in [3.63, 3.8) is 0 Å². The number of nitriles is 1. The smallest absolute Gasteiger partial charge is 0.100 e. The van der Waals surface area contributed by atoms with Gasteiger partial charge in [-0.15, -0.1) is 11.3 Å². The highest BCUT2D eigenvalue weighted by atomic mass is 32.1. The largest absolute Gasteiger partial charge is 0.314 e. The molecule has 2 rings (SSSR count). The summed E-state index contributed by atoms with van der Waals surface area (Å²) >= 11 is 1.70. The van der Waals surface area contributed by atoms with Crippen molar-refractivity contribution in [1.82, 2.24) is 5.32 Å². The van der Waals surface area contributed by atoms with Crippen molar-refractivity contribution in [3.05, 3.63) is 21.9 Å². The standard InChI is InChI=1S/C10H12N2S/c11-6-8-4-10(13-7-8)5-9-2-1-3-12-9/h4,7,9,12H,1-3,5H2. The van der Waals surface area contributed by atoms with E-state index in [0.717, 1.165) is 18.5 Å². The molecule has 0 aliphatic carbocycles. The normalized spacial score (nSPS) is 21.6. The molecule has 68 valence electrons. The Bertz CT molecular complexity index is 318. The van der Waals surface area contributed by atoms with Gasteiger partial charge in [0.1, 0.15) is 6.07 Å². The maximum Gasteiger partial charge on any atom is 0.100 e. The van der Waals surface area contributed by atoms with E-state index >= 15 is 0 Å². The minimum Gasteiger partial charge on any atom is -0.314 e. The highest BCUT2D eigenvalue weighted by Crippen LogP contribution is 2.18. The Morgan fingerprint density at radius 1 is 1.69 bits per heavy atom. The minimum atomic E-state index is 0.644. The van der Waals surface area contributed by atoms with Gasteiger partial charge >= 0.3 is 0 Å². The van der Waals surface area contributed by atoms with Gasteiger partial charge in [-0.3, -0.25) is 0 Å². The first-order chi connectivity index (χ1) is 6.38. The zero-order valence-corrected chi connectivity index (χ0v) is 8.23. The van der Waals surface area contributed by atoms with Crippen molar-refractivity contribution in [2.45, 2.75) is 25.3 Å². The number of rotatable bonds is 2. The lowest BCUT2D eigenvalue weighted by atomic mass is 10.1. The first kappa shape index (κ1) is 8.74. The zero-order valence-electron chi connectivity index (χ0n) is 7.42. The minimum absolute atomic E-state index is 0.644. The van der Waals surface area contributed by atoms with E-state index in [1.807, 2.05) is 11.4 Å². The van der Waals surface area contributed by atoms with Crippen molar-refractivity contribution < 1.29 is 0 Å². The molecule has 0 bridgehead atoms. The topological polar surface area (TPSA) is 35.8 Å². The second kappa shape index (κ2) is 3.91. The van der Waals surface area contributed by atoms with E-state index in [-0.39, 0.29) is 0 Å². The van der Waals surface area contributed by atoms with Gasteiger partial charge in [-0.25, -0.2) is 0 Å². The molecule has 1 aromatic rings. The molecule has 1 N–H and O–H groups in total. The summed E-state index contributed by atoms with van der Waals surface area (Å²) in [6.45, 7) is 1.15. The predicted molar refractivity (Wildman–Crippen MR) is 53.8 cm³/mol. The summed E-state index contributed by atoms with van der Waals surface area (Å²) in [7, 11) is 0. The molecule has 1 aliphatic heterocycles. The van der Waals surface area contributed by atoms with Gasteiger partial charge < -0.3 is 5.32 Å². The van der Waals surface area contributed by atoms with Crippen molar-refractivity contribution in [2.24, 2.45) is 0 Å². The fourth-order valence-corrected chi connectivity index (χ4v) is 2.61. The highest BCUT2D eigenvalue weighted by molar-refractivity contribution is 7.10. The van der Waals surface area contributed by atoms with E-state index < -0.39 is 0 Å². The van der Waals surface area contributed by atoms with Gasteiger partial charge in [0, 0.05) is 16.3 Å². The van der Waals surface area contributed by atoms with Gasteiger partial charge in [0.05, 0.1) is 5.56 Å². The molecule has 13 heavy (non-hydrogen) atoms. The lowest BCUT2D eigenvalue weighted by molar-refractivity contribution is 0.608. The number of hydrogen-bond acceptors (Lipinski definition) is 3. The molecule has 3 heteroatoms. The summed E-state index contributed by atoms with van der Waals surface area (Å²) in [5, 5.41) is 14.0. The van der Waals surface area contributed by atoms with Crippen LogP contribution >= 0.6 is 11.3 Å². The fourth-order valence-electron chi connectivity index (χ4n) is 1.72. The third-order valence-electron chi connectivity index (χ3n) is 2.39. The van der Waals surface area contributed by atoms with Gasteiger partial charge in [-0.1, -0.05) is 0 Å². The van der Waals surface area contributed by atoms with Crippen LogP contribution in [0.5, 0.6) is 0 Å². The summed E-state index contributed by atoms with van der Waals surface area (Å²) in [6.07, 6.45) is 3.66. The third-order valence-corrected chi connectivity index (χ3v) is 3.35. The summed E-state index contributed by atoms with van der Waals surface area (Å²) in [5.41, 5.74) is 0.804. The van der Waals surface area contributed by atoms with Crippen LogP contribution in [0.25, 0.3) is 0 Å². The van der Waals surface area contributed by atoms with E-state index in [9.17, 15) is 0 Å². The second-order valence-electron chi connectivity index (χ2n) is 3.41. The Balaban J connectivity index is 1.97. The Morgan fingerprint density at radius 2 is 2.62 bits per heavy atom. The molecule has 1 aliphatic rings. The van der Waals surface area contributed by atoms with E-state index in [4.69, 9.17) is 5.26 Å². The summed E-state index contributed by atoms with van der Waals surface area (Å²) < 4.78 is 0. The van der Waals surface area contributed by atoms with Gasteiger partial charge in [0.25, 0.3) is 0 Å². The molecular formula is C10H12N2S. The third kappa shape index (κ3) is 2.09. The van der Waals surface area contributed by atoms with Gasteiger partial charge in [0.2, 0.25) is 0 Å². The first-order valence-corrected chi connectivity index (χ1v) is 5.47. The summed E-state index contributed by atoms with van der Waals surface area (Å²) in [4.78, 5) is 1.33. The van der Waals surface area contributed by atoms with Crippen LogP contribution in [0.3, 0.4) is 0 Å². The van der Waals surface area contributed by atoms with Crippen LogP contribution in [0, 0.1) is 11.3 Å². The van der Waals surface area contributed by atoms with Crippen LogP contribution in [0.1, 0.15) is 23.3 Å². The molecule has 1 atom stereocenters. The van der Waals surface area contributed by atoms with Gasteiger partial charge in [0.15, 0.2) is 0 Å². The van der Waals surface area contributed by atoms with Crippen LogP contribution in [0.4, 0.5) is 0 Å². The highest BCUT2D eigenvalue weighted by Gasteiger charge is 2.14. The van der Waals surface area contributed by atoms with Crippen LogP contribution in [0.15, 0.2) is 11.4 Å². The number of thiophene rings is 1. The molecule has 2 heterocycles. The van der Waals surface area contributed by atoms with Crippen molar-refractivity contribution in [1.29, 1.82) is 5.26 Å². The number of nitrogens with zero attached hydrogens (tertiary/aromatic N) is 1. The van der Waals surface area contributed by atoms with Crippen molar-refractivity contribution in [2.75, 3.05) is 6.54 Å². The molecule has 1 aromatic heterocycles. The summed E-state index contributed by atoms with van der Waals surface area (Å²) in [6, 6.07) is 4.81. The van der Waals surface area contributed by atoms with Crippen LogP contribution in [-0.4, -0.2) is 12.6 Å². The SMILES string of the molecule is N#Cc1csc(CC2CCCN2)c1. The Hall–Kier alpha value is -0.850. The Labute approximate surface area is 82.2 Å². The first-order valence-electron chi connectivity index (χ1n) is 4.59. The fraction of sp³-hybridized carbons (Fsp3) is 0.500. The van der Waals surface area contributed by atoms with Crippen LogP contribution in [-0.2, 0) is 6.42 Å². The van der Waals surface area contributed by atoms with E-state index in [0.29, 0.717) is 6.04 Å². The average molecular weight is 192 g/mol. The van der Waals surface area contributed by atoms with Crippen LogP contribution in [0.2, 0.25) is 0 Å². The maximum absolute atomic E-state index is 8.65. The van der Waals surface area contributed by atoms with Gasteiger partial charge in [-0.2, -0.15) is 5.26 Å². The Kier molecular flexibility index (Phi) is 2.62. The van der Waals surface area contributed by atoms with E-state index in [2.05, 4.69) is 11.4 Å². The molecule has 1 saturated heterocycles. The molecule has 0 saturated carbocycles. The molecule has 0 radical (unpaired) electrons. The quantitative estimate of drug-likeness (QED) is 0.777. The molecule has 0 aromatic carbocycles. The maximum atomic E-state index is 8.65. The zero-order chi connectivity index (χ0) is 9.10. The lowest BCUT2D eigenvalue weighted by Crippen LogP contribution is -2.23. The van der Waals surface area contributed by atoms with E-state index in [1.54, 1.807) is 11.3 Å².